The molecule has 0 radical (unpaired) electrons. The van der Waals surface area contributed by atoms with Crippen LogP contribution in [0.4, 0.5) is 5.69 Å². The molecular formula is C21H18ClN3O3. The molecule has 3 aromatic rings. The minimum atomic E-state index is -0.638. The number of pyridine rings is 1. The summed E-state index contributed by atoms with van der Waals surface area (Å²) in [5.74, 6) is 0.469. The number of hydrogen-bond acceptors (Lipinski definition) is 5. The number of nitrogens with one attached hydrogen (secondary N) is 2. The standard InChI is InChI=1S/C21H18ClN3O3/c22-16-4-3-6-19(13-16)28-20-9-8-17(12-15(20)7-10-21(26)25-27)24-14-18-5-1-2-11-23-18/h1-13,24,27H,14H2,(H,25,26). The van der Waals surface area contributed by atoms with Crippen molar-refractivity contribution in [1.82, 2.24) is 10.5 Å². The van der Waals surface area contributed by atoms with Crippen molar-refractivity contribution in [2.75, 3.05) is 5.32 Å². The average molecular weight is 396 g/mol. The minimum Gasteiger partial charge on any atom is -0.457 e. The van der Waals surface area contributed by atoms with E-state index in [2.05, 4.69) is 10.3 Å². The first kappa shape index (κ1) is 19.4. The molecule has 7 heteroatoms. The van der Waals surface area contributed by atoms with E-state index < -0.39 is 5.91 Å². The second-order valence-corrected chi connectivity index (χ2v) is 6.23. The Morgan fingerprint density at radius 1 is 1.14 bits per heavy atom. The maximum absolute atomic E-state index is 11.4. The number of benzene rings is 2. The summed E-state index contributed by atoms with van der Waals surface area (Å²) in [4.78, 5) is 15.6. The van der Waals surface area contributed by atoms with E-state index in [0.717, 1.165) is 11.4 Å². The lowest BCUT2D eigenvalue weighted by atomic mass is 10.1. The van der Waals surface area contributed by atoms with Gasteiger partial charge in [-0.15, -0.1) is 0 Å². The summed E-state index contributed by atoms with van der Waals surface area (Å²) in [5.41, 5.74) is 3.94. The van der Waals surface area contributed by atoms with E-state index in [1.165, 1.54) is 6.08 Å². The largest absolute Gasteiger partial charge is 0.457 e. The van der Waals surface area contributed by atoms with Crippen LogP contribution in [-0.2, 0) is 11.3 Å². The Balaban J connectivity index is 1.83. The minimum absolute atomic E-state index is 0.535. The molecule has 2 aromatic carbocycles. The number of hydroxylamine groups is 1. The van der Waals surface area contributed by atoms with Gasteiger partial charge in [-0.05, 0) is 54.6 Å². The first-order valence-corrected chi connectivity index (χ1v) is 8.85. The van der Waals surface area contributed by atoms with Gasteiger partial charge in [0.25, 0.3) is 5.91 Å². The summed E-state index contributed by atoms with van der Waals surface area (Å²) in [6.45, 7) is 0.551. The van der Waals surface area contributed by atoms with Crippen LogP contribution in [0, 0.1) is 0 Å². The van der Waals surface area contributed by atoms with Crippen LogP contribution in [0.2, 0.25) is 5.02 Å². The number of amides is 1. The SMILES string of the molecule is O=C(C=Cc1cc(NCc2ccccn2)ccc1Oc1cccc(Cl)c1)NO. The van der Waals surface area contributed by atoms with Crippen LogP contribution in [0.1, 0.15) is 11.3 Å². The maximum atomic E-state index is 11.4. The molecule has 1 heterocycles. The lowest BCUT2D eigenvalue weighted by Gasteiger charge is -2.12. The highest BCUT2D eigenvalue weighted by Crippen LogP contribution is 2.30. The lowest BCUT2D eigenvalue weighted by Crippen LogP contribution is -2.14. The number of anilines is 1. The Morgan fingerprint density at radius 3 is 2.79 bits per heavy atom. The molecule has 0 fully saturated rings. The number of nitrogens with zero attached hydrogens (tertiary/aromatic N) is 1. The molecular weight excluding hydrogens is 378 g/mol. The molecule has 3 N–H and O–H groups in total. The summed E-state index contributed by atoms with van der Waals surface area (Å²) in [5, 5.41) is 12.5. The highest BCUT2D eigenvalue weighted by molar-refractivity contribution is 6.30. The molecule has 0 atom stereocenters. The number of carbonyl (C=O) groups is 1. The molecule has 1 amide bonds. The second kappa shape index (κ2) is 9.55. The molecule has 0 aliphatic heterocycles. The normalized spacial score (nSPS) is 10.6. The van der Waals surface area contributed by atoms with E-state index >= 15 is 0 Å². The third-order valence-electron chi connectivity index (χ3n) is 3.76. The zero-order valence-corrected chi connectivity index (χ0v) is 15.6. The summed E-state index contributed by atoms with van der Waals surface area (Å²) >= 11 is 6.01. The summed E-state index contributed by atoms with van der Waals surface area (Å²) in [6, 6.07) is 18.2. The van der Waals surface area contributed by atoms with Gasteiger partial charge < -0.3 is 10.1 Å². The van der Waals surface area contributed by atoms with Crippen molar-refractivity contribution in [2.45, 2.75) is 6.54 Å². The fourth-order valence-corrected chi connectivity index (χ4v) is 2.62. The molecule has 0 unspecified atom stereocenters. The van der Waals surface area contributed by atoms with E-state index in [4.69, 9.17) is 21.5 Å². The fourth-order valence-electron chi connectivity index (χ4n) is 2.44. The Bertz CT molecular complexity index is 978. The first-order valence-electron chi connectivity index (χ1n) is 8.47. The van der Waals surface area contributed by atoms with Gasteiger partial charge in [0, 0.05) is 28.5 Å². The number of halogens is 1. The van der Waals surface area contributed by atoms with E-state index in [0.29, 0.717) is 28.6 Å². The smallest absolute Gasteiger partial charge is 0.267 e. The molecule has 0 spiro atoms. The van der Waals surface area contributed by atoms with E-state index in [1.54, 1.807) is 48.1 Å². The van der Waals surface area contributed by atoms with Gasteiger partial charge in [-0.2, -0.15) is 0 Å². The van der Waals surface area contributed by atoms with Crippen LogP contribution in [0.15, 0.2) is 72.9 Å². The summed E-state index contributed by atoms with van der Waals surface area (Å²) < 4.78 is 5.90. The Hall–Kier alpha value is -3.35. The van der Waals surface area contributed by atoms with Gasteiger partial charge in [0.2, 0.25) is 0 Å². The number of carbonyl (C=O) groups excluding carboxylic acids is 1. The number of aromatic nitrogens is 1. The van der Waals surface area contributed by atoms with E-state index in [-0.39, 0.29) is 0 Å². The molecule has 0 saturated carbocycles. The molecule has 6 nitrogen and oxygen atoms in total. The molecule has 28 heavy (non-hydrogen) atoms. The highest BCUT2D eigenvalue weighted by atomic mass is 35.5. The molecule has 0 bridgehead atoms. The summed E-state index contributed by atoms with van der Waals surface area (Å²) in [6.07, 6.45) is 4.50. The lowest BCUT2D eigenvalue weighted by molar-refractivity contribution is -0.124. The van der Waals surface area contributed by atoms with E-state index in [1.807, 2.05) is 30.3 Å². The fraction of sp³-hybridized carbons (Fsp3) is 0.0476. The van der Waals surface area contributed by atoms with Crippen LogP contribution in [0.5, 0.6) is 11.5 Å². The third-order valence-corrected chi connectivity index (χ3v) is 3.99. The Kier molecular flexibility index (Phi) is 6.62. The number of rotatable bonds is 7. The van der Waals surface area contributed by atoms with Crippen molar-refractivity contribution < 1.29 is 14.7 Å². The monoisotopic (exact) mass is 395 g/mol. The van der Waals surface area contributed by atoms with Crippen molar-refractivity contribution in [2.24, 2.45) is 0 Å². The quantitative estimate of drug-likeness (QED) is 0.308. The van der Waals surface area contributed by atoms with Crippen LogP contribution < -0.4 is 15.5 Å². The Labute approximate surface area is 167 Å². The van der Waals surface area contributed by atoms with Crippen molar-refractivity contribution in [3.8, 4) is 11.5 Å². The zero-order valence-electron chi connectivity index (χ0n) is 14.8. The number of hydrogen-bond donors (Lipinski definition) is 3. The van der Waals surface area contributed by atoms with Gasteiger partial charge in [-0.25, -0.2) is 5.48 Å². The van der Waals surface area contributed by atoms with Gasteiger partial charge in [0.1, 0.15) is 11.5 Å². The van der Waals surface area contributed by atoms with Crippen molar-refractivity contribution >= 4 is 29.3 Å². The van der Waals surface area contributed by atoms with Gasteiger partial charge in [-0.3, -0.25) is 15.0 Å². The van der Waals surface area contributed by atoms with Crippen LogP contribution in [0.25, 0.3) is 6.08 Å². The predicted octanol–water partition coefficient (Wildman–Crippen LogP) is 4.66. The summed E-state index contributed by atoms with van der Waals surface area (Å²) in [7, 11) is 0. The zero-order chi connectivity index (χ0) is 19.8. The maximum Gasteiger partial charge on any atom is 0.267 e. The third kappa shape index (κ3) is 5.57. The van der Waals surface area contributed by atoms with Gasteiger partial charge in [0.15, 0.2) is 0 Å². The van der Waals surface area contributed by atoms with Gasteiger partial charge in [0.05, 0.1) is 12.2 Å². The second-order valence-electron chi connectivity index (χ2n) is 5.80. The van der Waals surface area contributed by atoms with Crippen molar-refractivity contribution in [3.63, 3.8) is 0 Å². The van der Waals surface area contributed by atoms with Crippen LogP contribution in [-0.4, -0.2) is 16.1 Å². The molecule has 142 valence electrons. The van der Waals surface area contributed by atoms with Gasteiger partial charge in [-0.1, -0.05) is 23.7 Å². The molecule has 0 saturated heterocycles. The molecule has 0 aliphatic rings. The number of ether oxygens (including phenoxy) is 1. The van der Waals surface area contributed by atoms with Crippen molar-refractivity contribution in [3.05, 3.63) is 89.2 Å². The highest BCUT2D eigenvalue weighted by Gasteiger charge is 2.06. The molecule has 3 rings (SSSR count). The van der Waals surface area contributed by atoms with E-state index in [9.17, 15) is 4.79 Å². The first-order chi connectivity index (χ1) is 13.6. The van der Waals surface area contributed by atoms with Crippen LogP contribution >= 0.6 is 11.6 Å². The topological polar surface area (TPSA) is 83.5 Å². The predicted molar refractivity (Wildman–Crippen MR) is 108 cm³/mol. The van der Waals surface area contributed by atoms with Gasteiger partial charge >= 0.3 is 0 Å². The average Bonchev–Trinajstić information content (AvgIpc) is 2.72. The molecule has 1 aromatic heterocycles. The Morgan fingerprint density at radius 2 is 2.04 bits per heavy atom. The van der Waals surface area contributed by atoms with Crippen LogP contribution in [0.3, 0.4) is 0 Å². The molecule has 0 aliphatic carbocycles. The van der Waals surface area contributed by atoms with Crippen molar-refractivity contribution in [1.29, 1.82) is 0 Å².